The quantitative estimate of drug-likeness (QED) is 0.384. The highest BCUT2D eigenvalue weighted by molar-refractivity contribution is 5.92. The minimum absolute atomic E-state index is 0.346. The minimum atomic E-state index is 0.346. The van der Waals surface area contributed by atoms with E-state index in [0.717, 1.165) is 60.7 Å². The molecule has 0 spiro atoms. The number of hydrogen-bond acceptors (Lipinski definition) is 7. The Balaban J connectivity index is 0.000000550. The minimum Gasteiger partial charge on any atom is -0.489 e. The van der Waals surface area contributed by atoms with Crippen LogP contribution in [0.1, 0.15) is 28.4 Å². The molecule has 0 radical (unpaired) electrons. The average molecular weight is 490 g/mol. The number of carbonyl (C=O) groups is 2. The van der Waals surface area contributed by atoms with Crippen molar-refractivity contribution in [2.45, 2.75) is 19.1 Å². The first-order chi connectivity index (χ1) is 17.6. The number of nitrogens with zero attached hydrogens (tertiary/aromatic N) is 3. The van der Waals surface area contributed by atoms with E-state index in [2.05, 4.69) is 34.3 Å². The largest absolute Gasteiger partial charge is 0.489 e. The highest BCUT2D eigenvalue weighted by atomic mass is 16.5. The molecule has 1 atom stereocenters. The van der Waals surface area contributed by atoms with E-state index in [1.807, 2.05) is 54.6 Å². The molecule has 0 saturated carbocycles. The van der Waals surface area contributed by atoms with Crippen LogP contribution >= 0.6 is 0 Å². The molecule has 1 saturated heterocycles. The SMILES string of the molecule is C=CC=O.CN.CN1CC(C2CCNc3c(C=O)c(-c4ccc(OCc5ccccc5)cc4)nn32)C1. The molecule has 3 heterocycles. The van der Waals surface area contributed by atoms with Gasteiger partial charge < -0.3 is 20.7 Å². The smallest absolute Gasteiger partial charge is 0.156 e. The molecule has 3 N–H and O–H groups in total. The topological polar surface area (TPSA) is 102 Å². The van der Waals surface area contributed by atoms with Gasteiger partial charge in [0.05, 0.1) is 11.6 Å². The fourth-order valence-corrected chi connectivity index (χ4v) is 4.52. The average Bonchev–Trinajstić information content (AvgIpc) is 3.31. The van der Waals surface area contributed by atoms with Gasteiger partial charge in [-0.25, -0.2) is 4.68 Å². The maximum absolute atomic E-state index is 11.9. The number of ether oxygens (including phenoxy) is 1. The van der Waals surface area contributed by atoms with Crippen LogP contribution < -0.4 is 15.8 Å². The maximum Gasteiger partial charge on any atom is 0.156 e. The summed E-state index contributed by atoms with van der Waals surface area (Å²) in [6.45, 7) is 6.69. The number of fused-ring (bicyclic) bond motifs is 1. The van der Waals surface area contributed by atoms with Crippen molar-refractivity contribution >= 4 is 18.4 Å². The molecule has 0 amide bonds. The zero-order valence-corrected chi connectivity index (χ0v) is 21.0. The van der Waals surface area contributed by atoms with Crippen molar-refractivity contribution in [3.8, 4) is 17.0 Å². The van der Waals surface area contributed by atoms with Gasteiger partial charge in [0.25, 0.3) is 0 Å². The molecule has 2 aliphatic heterocycles. The molecule has 2 aliphatic rings. The van der Waals surface area contributed by atoms with Crippen molar-refractivity contribution in [3.63, 3.8) is 0 Å². The van der Waals surface area contributed by atoms with Crippen molar-refractivity contribution in [1.82, 2.24) is 14.7 Å². The second kappa shape index (κ2) is 13.4. The van der Waals surface area contributed by atoms with Gasteiger partial charge in [0.15, 0.2) is 6.29 Å². The van der Waals surface area contributed by atoms with Gasteiger partial charge in [-0.3, -0.25) is 9.59 Å². The van der Waals surface area contributed by atoms with Crippen LogP contribution in [0.5, 0.6) is 5.75 Å². The van der Waals surface area contributed by atoms with Crippen molar-refractivity contribution in [2.24, 2.45) is 11.7 Å². The van der Waals surface area contributed by atoms with Gasteiger partial charge in [-0.15, -0.1) is 0 Å². The number of likely N-dealkylation sites (tertiary alicyclic amines) is 1. The fourth-order valence-electron chi connectivity index (χ4n) is 4.52. The first-order valence-corrected chi connectivity index (χ1v) is 12.1. The van der Waals surface area contributed by atoms with Crippen LogP contribution in [0.25, 0.3) is 11.3 Å². The van der Waals surface area contributed by atoms with Crippen LogP contribution in [0.2, 0.25) is 0 Å². The summed E-state index contributed by atoms with van der Waals surface area (Å²) >= 11 is 0. The van der Waals surface area contributed by atoms with Crippen molar-refractivity contribution in [1.29, 1.82) is 0 Å². The lowest BCUT2D eigenvalue weighted by Gasteiger charge is -2.43. The van der Waals surface area contributed by atoms with E-state index in [0.29, 0.717) is 30.4 Å². The first-order valence-electron chi connectivity index (χ1n) is 12.1. The number of aldehydes is 2. The molecule has 1 aromatic heterocycles. The molecule has 2 aromatic carbocycles. The van der Waals surface area contributed by atoms with Crippen LogP contribution in [-0.2, 0) is 11.4 Å². The van der Waals surface area contributed by atoms with Crippen molar-refractivity contribution < 1.29 is 14.3 Å². The number of hydrogen-bond donors (Lipinski definition) is 2. The number of nitrogens with two attached hydrogens (primary N) is 1. The molecule has 8 heteroatoms. The molecule has 5 rings (SSSR count). The predicted molar refractivity (Wildman–Crippen MR) is 143 cm³/mol. The number of rotatable bonds is 7. The second-order valence-corrected chi connectivity index (χ2v) is 8.61. The van der Waals surface area contributed by atoms with E-state index in [9.17, 15) is 4.79 Å². The van der Waals surface area contributed by atoms with Gasteiger partial charge in [0, 0.05) is 31.1 Å². The van der Waals surface area contributed by atoms with Crippen LogP contribution in [0.15, 0.2) is 67.3 Å². The van der Waals surface area contributed by atoms with Crippen molar-refractivity contribution in [2.75, 3.05) is 39.0 Å². The van der Waals surface area contributed by atoms with E-state index in [-0.39, 0.29) is 0 Å². The lowest BCUT2D eigenvalue weighted by Crippen LogP contribution is -2.49. The molecule has 8 nitrogen and oxygen atoms in total. The van der Waals surface area contributed by atoms with Crippen LogP contribution in [-0.4, -0.2) is 61.0 Å². The summed E-state index contributed by atoms with van der Waals surface area (Å²) in [5, 5.41) is 8.29. The summed E-state index contributed by atoms with van der Waals surface area (Å²) in [6.07, 6.45) is 3.80. The maximum atomic E-state index is 11.9. The summed E-state index contributed by atoms with van der Waals surface area (Å²) < 4.78 is 7.94. The lowest BCUT2D eigenvalue weighted by atomic mass is 9.89. The van der Waals surface area contributed by atoms with Gasteiger partial charge in [-0.2, -0.15) is 5.10 Å². The Morgan fingerprint density at radius 2 is 1.78 bits per heavy atom. The summed E-state index contributed by atoms with van der Waals surface area (Å²) in [4.78, 5) is 23.3. The highest BCUT2D eigenvalue weighted by Gasteiger charge is 2.37. The monoisotopic (exact) mass is 489 g/mol. The summed E-state index contributed by atoms with van der Waals surface area (Å²) in [6, 6.07) is 18.3. The predicted octanol–water partition coefficient (Wildman–Crippen LogP) is 3.81. The third-order valence-corrected chi connectivity index (χ3v) is 6.22. The summed E-state index contributed by atoms with van der Waals surface area (Å²) in [7, 11) is 3.64. The Labute approximate surface area is 212 Å². The van der Waals surface area contributed by atoms with Gasteiger partial charge >= 0.3 is 0 Å². The third-order valence-electron chi connectivity index (χ3n) is 6.22. The number of aromatic nitrogens is 2. The summed E-state index contributed by atoms with van der Waals surface area (Å²) in [5.41, 5.74) is 7.94. The van der Waals surface area contributed by atoms with E-state index >= 15 is 0 Å². The first kappa shape index (κ1) is 26.8. The molecule has 190 valence electrons. The molecule has 1 unspecified atom stereocenters. The molecule has 36 heavy (non-hydrogen) atoms. The summed E-state index contributed by atoms with van der Waals surface area (Å²) in [5.74, 6) is 2.25. The molecular weight excluding hydrogens is 454 g/mol. The Kier molecular flexibility index (Phi) is 9.97. The Morgan fingerprint density at radius 1 is 1.11 bits per heavy atom. The lowest BCUT2D eigenvalue weighted by molar-refractivity contribution is -0.104. The van der Waals surface area contributed by atoms with Crippen LogP contribution in [0, 0.1) is 5.92 Å². The van der Waals surface area contributed by atoms with Gasteiger partial charge in [0.2, 0.25) is 0 Å². The number of anilines is 1. The van der Waals surface area contributed by atoms with Gasteiger partial charge in [-0.05, 0) is 56.4 Å². The Hall–Kier alpha value is -3.75. The van der Waals surface area contributed by atoms with Gasteiger partial charge in [-0.1, -0.05) is 36.9 Å². The number of nitrogens with one attached hydrogen (secondary N) is 1. The zero-order chi connectivity index (χ0) is 25.9. The second-order valence-electron chi connectivity index (χ2n) is 8.61. The number of benzene rings is 2. The van der Waals surface area contributed by atoms with E-state index in [1.54, 1.807) is 0 Å². The number of allylic oxidation sites excluding steroid dienone is 1. The molecule has 0 bridgehead atoms. The Morgan fingerprint density at radius 3 is 2.36 bits per heavy atom. The standard InChI is InChI=1S/C24H26N4O2.C3H4O.CH5N/c1-27-13-19(14-27)22-11-12-25-24-21(15-29)23(26-28(22)24)18-7-9-20(10-8-18)30-16-17-5-3-2-4-6-17;1-2-3-4;1-2/h2-10,15,19,22,25H,11-14,16H2,1H3;2-3H,1H2;2H2,1H3. The number of carbonyl (C=O) groups excluding carboxylic acids is 2. The molecule has 1 fully saturated rings. The van der Waals surface area contributed by atoms with Gasteiger partial charge in [0.1, 0.15) is 30.2 Å². The molecule has 0 aliphatic carbocycles. The highest BCUT2D eigenvalue weighted by Crippen LogP contribution is 2.38. The Bertz CT molecular complexity index is 1120. The third kappa shape index (κ3) is 6.27. The van der Waals surface area contributed by atoms with Crippen LogP contribution in [0.3, 0.4) is 0 Å². The van der Waals surface area contributed by atoms with Crippen LogP contribution in [0.4, 0.5) is 5.82 Å². The van der Waals surface area contributed by atoms with E-state index in [1.165, 1.54) is 13.1 Å². The molecular formula is C28H35N5O3. The van der Waals surface area contributed by atoms with E-state index in [4.69, 9.17) is 14.6 Å². The fraction of sp³-hybridized carbons (Fsp3) is 0.321. The van der Waals surface area contributed by atoms with E-state index < -0.39 is 0 Å². The normalized spacial score (nSPS) is 16.5. The van der Waals surface area contributed by atoms with Crippen molar-refractivity contribution in [3.05, 3.63) is 78.4 Å². The zero-order valence-electron chi connectivity index (χ0n) is 21.0. The molecule has 3 aromatic rings.